The molecule has 224 valence electrons. The van der Waals surface area contributed by atoms with E-state index in [0.717, 1.165) is 24.3 Å². The Bertz CT molecular complexity index is 1230. The highest BCUT2D eigenvalue weighted by atomic mass is 19.3. The number of aliphatic hydroxyl groups excluding tert-OH is 1. The second kappa shape index (κ2) is 13.4. The van der Waals surface area contributed by atoms with E-state index in [-0.39, 0.29) is 36.6 Å². The van der Waals surface area contributed by atoms with Crippen LogP contribution in [-0.2, 0) is 4.79 Å². The minimum atomic E-state index is -2.93. The van der Waals surface area contributed by atoms with Crippen molar-refractivity contribution >= 4 is 11.7 Å². The van der Waals surface area contributed by atoms with E-state index in [2.05, 4.69) is 4.90 Å². The van der Waals surface area contributed by atoms with Gasteiger partial charge in [-0.15, -0.1) is 0 Å². The molecule has 0 aromatic heterocycles. The maximum atomic E-state index is 14.9. The molecule has 2 aliphatic heterocycles. The lowest BCUT2D eigenvalue weighted by Crippen LogP contribution is -2.55. The topological polar surface area (TPSA) is 84.3 Å². The molecule has 0 unspecified atom stereocenters. The van der Waals surface area contributed by atoms with E-state index < -0.39 is 48.0 Å². The number of phenols is 1. The highest BCUT2D eigenvalue weighted by Crippen LogP contribution is 2.43. The molecule has 0 aliphatic carbocycles. The third-order valence-corrected chi connectivity index (χ3v) is 8.52. The van der Waals surface area contributed by atoms with Gasteiger partial charge in [0.15, 0.2) is 5.78 Å². The number of carbonyl (C=O) groups excluding carboxylic acids is 2. The van der Waals surface area contributed by atoms with Gasteiger partial charge in [0, 0.05) is 37.0 Å². The van der Waals surface area contributed by atoms with Crippen LogP contribution in [0.3, 0.4) is 0 Å². The summed E-state index contributed by atoms with van der Waals surface area (Å²) in [5, 5.41) is 20.4. The molecule has 2 aromatic rings. The van der Waals surface area contributed by atoms with Crippen molar-refractivity contribution in [1.29, 1.82) is 0 Å². The van der Waals surface area contributed by atoms with Gasteiger partial charge in [-0.3, -0.25) is 9.59 Å². The van der Waals surface area contributed by atoms with Crippen LogP contribution in [0.2, 0.25) is 0 Å². The van der Waals surface area contributed by atoms with Crippen molar-refractivity contribution in [1.82, 2.24) is 14.7 Å². The first-order valence-corrected chi connectivity index (χ1v) is 14.2. The van der Waals surface area contributed by atoms with Gasteiger partial charge in [-0.05, 0) is 82.7 Å². The Hall–Kier alpha value is -2.95. The fourth-order valence-electron chi connectivity index (χ4n) is 6.43. The Labute approximate surface area is 239 Å². The largest absolute Gasteiger partial charge is 0.508 e. The summed E-state index contributed by atoms with van der Waals surface area (Å²) in [4.78, 5) is 33.4. The molecular formula is C31H40F3N3O4. The summed E-state index contributed by atoms with van der Waals surface area (Å²) in [5.74, 6) is -3.94. The molecule has 2 aromatic carbocycles. The van der Waals surface area contributed by atoms with Gasteiger partial charge in [0.1, 0.15) is 17.6 Å². The molecule has 2 fully saturated rings. The van der Waals surface area contributed by atoms with Gasteiger partial charge in [-0.25, -0.2) is 13.2 Å². The molecule has 2 N–H and O–H groups in total. The van der Waals surface area contributed by atoms with Crippen LogP contribution in [0.1, 0.15) is 46.7 Å². The van der Waals surface area contributed by atoms with Crippen molar-refractivity contribution in [2.75, 3.05) is 46.8 Å². The molecule has 2 heterocycles. The number of unbranched alkanes of at least 4 members (excludes halogenated alkanes) is 1. The highest BCUT2D eigenvalue weighted by molar-refractivity contribution is 5.99. The van der Waals surface area contributed by atoms with Crippen molar-refractivity contribution in [2.45, 2.75) is 50.7 Å². The molecule has 2 saturated heterocycles. The van der Waals surface area contributed by atoms with Crippen molar-refractivity contribution in [3.8, 4) is 5.75 Å². The zero-order valence-corrected chi connectivity index (χ0v) is 23.8. The number of hydrogen-bond acceptors (Lipinski definition) is 6. The molecule has 1 amide bonds. The number of aromatic hydroxyl groups is 1. The van der Waals surface area contributed by atoms with Crippen LogP contribution in [0.25, 0.3) is 0 Å². The van der Waals surface area contributed by atoms with Crippen LogP contribution in [0, 0.1) is 24.6 Å². The van der Waals surface area contributed by atoms with E-state index >= 15 is 0 Å². The summed E-state index contributed by atoms with van der Waals surface area (Å²) < 4.78 is 42.9. The number of Topliss-reactive ketones (excluding diaryl/α,β-unsaturated/α-hetero) is 1. The van der Waals surface area contributed by atoms with Gasteiger partial charge >= 0.3 is 0 Å². The Morgan fingerprint density at radius 3 is 2.46 bits per heavy atom. The first kappa shape index (κ1) is 31.0. The van der Waals surface area contributed by atoms with E-state index in [4.69, 9.17) is 0 Å². The number of benzene rings is 2. The minimum absolute atomic E-state index is 0.0195. The molecule has 0 bridgehead atoms. The fraction of sp³-hybridized carbons (Fsp3) is 0.548. The zero-order valence-electron chi connectivity index (χ0n) is 23.8. The van der Waals surface area contributed by atoms with Gasteiger partial charge in [0.2, 0.25) is 5.91 Å². The van der Waals surface area contributed by atoms with E-state index in [9.17, 15) is 33.0 Å². The van der Waals surface area contributed by atoms with Gasteiger partial charge in [-0.1, -0.05) is 24.3 Å². The van der Waals surface area contributed by atoms with Crippen LogP contribution in [-0.4, -0.2) is 102 Å². The zero-order chi connectivity index (χ0) is 29.8. The quantitative estimate of drug-likeness (QED) is 0.330. The lowest BCUT2D eigenvalue weighted by molar-refractivity contribution is -0.144. The Morgan fingerprint density at radius 2 is 1.78 bits per heavy atom. The molecule has 7 nitrogen and oxygen atoms in total. The lowest BCUT2D eigenvalue weighted by atomic mass is 9.69. The van der Waals surface area contributed by atoms with Gasteiger partial charge in [0.25, 0.3) is 6.43 Å². The number of amides is 1. The maximum Gasteiger partial charge on any atom is 0.261 e. The molecule has 2 aliphatic rings. The van der Waals surface area contributed by atoms with Crippen LogP contribution in [0.5, 0.6) is 5.75 Å². The summed E-state index contributed by atoms with van der Waals surface area (Å²) in [5.41, 5.74) is 1.05. The fourth-order valence-corrected chi connectivity index (χ4v) is 6.43. The number of phenolic OH excluding ortho intramolecular Hbond substituents is 1. The van der Waals surface area contributed by atoms with Crippen LogP contribution < -0.4 is 0 Å². The molecule has 41 heavy (non-hydrogen) atoms. The standard InChI is InChI=1S/C31H40F3N3O4/c1-19-22(10-7-11-25(19)32)27-23(29(40)20-8-6-9-21(38)16-20)17-36(14-5-4-13-35(2)3)18-24(27)31(41)37-15-12-26(39)28(37)30(33)34/h6-11,16,23-24,26-28,30,38-39H,4-5,12-15,17-18H2,1-3H3/t23-,24+,26+,27+,28+/m1/s1. The maximum absolute atomic E-state index is 14.9. The summed E-state index contributed by atoms with van der Waals surface area (Å²) in [6, 6.07) is 8.89. The van der Waals surface area contributed by atoms with E-state index in [0.29, 0.717) is 24.2 Å². The molecule has 0 saturated carbocycles. The molecule has 5 atom stereocenters. The first-order valence-electron chi connectivity index (χ1n) is 14.2. The Kier molecular flexibility index (Phi) is 10.1. The molecule has 4 rings (SSSR count). The van der Waals surface area contributed by atoms with Gasteiger partial charge in [-0.2, -0.15) is 0 Å². The summed E-state index contributed by atoms with van der Waals surface area (Å²) in [6.45, 7) is 3.55. The minimum Gasteiger partial charge on any atom is -0.508 e. The summed E-state index contributed by atoms with van der Waals surface area (Å²) >= 11 is 0. The smallest absolute Gasteiger partial charge is 0.261 e. The number of likely N-dealkylation sites (tertiary alicyclic amines) is 2. The number of alkyl halides is 2. The van der Waals surface area contributed by atoms with Gasteiger partial charge in [0.05, 0.1) is 12.0 Å². The number of carbonyl (C=O) groups is 2. The predicted molar refractivity (Wildman–Crippen MR) is 150 cm³/mol. The van der Waals surface area contributed by atoms with Crippen LogP contribution in [0.4, 0.5) is 13.2 Å². The number of rotatable bonds is 10. The van der Waals surface area contributed by atoms with Crippen LogP contribution >= 0.6 is 0 Å². The van der Waals surface area contributed by atoms with E-state index in [1.165, 1.54) is 24.3 Å². The molecular weight excluding hydrogens is 535 g/mol. The monoisotopic (exact) mass is 575 g/mol. The van der Waals surface area contributed by atoms with Crippen molar-refractivity contribution in [2.24, 2.45) is 11.8 Å². The second-order valence-electron chi connectivity index (χ2n) is 11.6. The summed E-state index contributed by atoms with van der Waals surface area (Å²) in [7, 11) is 3.96. The summed E-state index contributed by atoms with van der Waals surface area (Å²) in [6.07, 6.45) is -2.54. The number of halogens is 3. The normalized spacial score (nSPS) is 25.3. The second-order valence-corrected chi connectivity index (χ2v) is 11.6. The highest BCUT2D eigenvalue weighted by Gasteiger charge is 2.50. The molecule has 0 radical (unpaired) electrons. The van der Waals surface area contributed by atoms with E-state index in [1.54, 1.807) is 25.1 Å². The number of ketones is 1. The first-order chi connectivity index (χ1) is 19.5. The number of piperidine rings is 1. The Balaban J connectivity index is 1.78. The Morgan fingerprint density at radius 1 is 1.07 bits per heavy atom. The number of nitrogens with zero attached hydrogens (tertiary/aromatic N) is 3. The number of hydrogen-bond donors (Lipinski definition) is 2. The third-order valence-electron chi connectivity index (χ3n) is 8.52. The molecule has 0 spiro atoms. The van der Waals surface area contributed by atoms with Crippen molar-refractivity contribution in [3.05, 3.63) is 65.0 Å². The average Bonchev–Trinajstić information content (AvgIpc) is 3.33. The number of aliphatic hydroxyl groups is 1. The lowest BCUT2D eigenvalue weighted by Gasteiger charge is -2.45. The SMILES string of the molecule is Cc1c(F)cccc1[C@@H]1[C@@H](C(=O)N2CC[C@H](O)[C@H]2C(F)F)CN(CCCCN(C)C)C[C@H]1C(=O)c1cccc(O)c1. The third kappa shape index (κ3) is 6.93. The van der Waals surface area contributed by atoms with Crippen molar-refractivity contribution in [3.63, 3.8) is 0 Å². The van der Waals surface area contributed by atoms with Crippen molar-refractivity contribution < 1.29 is 33.0 Å². The van der Waals surface area contributed by atoms with Gasteiger partial charge < -0.3 is 24.9 Å². The average molecular weight is 576 g/mol. The predicted octanol–water partition coefficient (Wildman–Crippen LogP) is 3.92. The van der Waals surface area contributed by atoms with Crippen LogP contribution in [0.15, 0.2) is 42.5 Å². The van der Waals surface area contributed by atoms with E-state index in [1.807, 2.05) is 19.0 Å². The molecule has 10 heteroatoms.